The van der Waals surface area contributed by atoms with Crippen LogP contribution in [0.3, 0.4) is 0 Å². The number of hydrogen-bond acceptors (Lipinski definition) is 4. The molecule has 1 aromatic rings. The van der Waals surface area contributed by atoms with Crippen LogP contribution in [-0.2, 0) is 4.74 Å². The summed E-state index contributed by atoms with van der Waals surface area (Å²) in [7, 11) is 0. The van der Waals surface area contributed by atoms with Gasteiger partial charge in [0.2, 0.25) is 0 Å². The Kier molecular flexibility index (Phi) is 3.21. The van der Waals surface area contributed by atoms with E-state index in [1.807, 2.05) is 49.4 Å². The second kappa shape index (κ2) is 5.01. The topological polar surface area (TPSA) is 51.4 Å². The number of aromatic nitrogens is 2. The molecule has 3 unspecified atom stereocenters. The molecule has 3 atom stereocenters. The van der Waals surface area contributed by atoms with Gasteiger partial charge >= 0.3 is 0 Å². The van der Waals surface area contributed by atoms with Gasteiger partial charge in [0.1, 0.15) is 12.4 Å². The second-order valence-electron chi connectivity index (χ2n) is 4.68. The van der Waals surface area contributed by atoms with Crippen LogP contribution in [0.2, 0.25) is 0 Å². The lowest BCUT2D eigenvalue weighted by Crippen LogP contribution is -2.25. The van der Waals surface area contributed by atoms with E-state index in [1.54, 1.807) is 0 Å². The number of dihydropyridines is 1. The average Bonchev–Trinajstić information content (AvgIpc) is 3.05. The van der Waals surface area contributed by atoms with E-state index >= 15 is 0 Å². The van der Waals surface area contributed by atoms with E-state index in [2.05, 4.69) is 21.5 Å². The summed E-state index contributed by atoms with van der Waals surface area (Å²) in [4.78, 5) is 4.41. The van der Waals surface area contributed by atoms with E-state index in [1.165, 1.54) is 5.57 Å². The molecular formula is C14H18N4O. The van der Waals surface area contributed by atoms with Crippen molar-refractivity contribution in [1.29, 1.82) is 0 Å². The number of ether oxygens (including phenoxy) is 1. The Morgan fingerprint density at radius 1 is 1.53 bits per heavy atom. The SMILES string of the molecule is CCOC(C)n1cc(C2=CNC3N=CC=CC23)cn1. The van der Waals surface area contributed by atoms with Gasteiger partial charge in [-0.2, -0.15) is 5.10 Å². The molecule has 1 N–H and O–H groups in total. The third-order valence-corrected chi connectivity index (χ3v) is 3.48. The fraction of sp³-hybridized carbons (Fsp3) is 0.429. The van der Waals surface area contributed by atoms with E-state index < -0.39 is 0 Å². The van der Waals surface area contributed by atoms with Gasteiger partial charge in [-0.15, -0.1) is 0 Å². The van der Waals surface area contributed by atoms with Crippen molar-refractivity contribution in [2.24, 2.45) is 10.9 Å². The van der Waals surface area contributed by atoms with Gasteiger partial charge in [0.15, 0.2) is 0 Å². The molecular weight excluding hydrogens is 240 g/mol. The first-order valence-corrected chi connectivity index (χ1v) is 6.62. The third-order valence-electron chi connectivity index (χ3n) is 3.48. The van der Waals surface area contributed by atoms with Crippen LogP contribution in [0.4, 0.5) is 0 Å². The summed E-state index contributed by atoms with van der Waals surface area (Å²) >= 11 is 0. The first-order chi connectivity index (χ1) is 9.29. The Morgan fingerprint density at radius 2 is 2.42 bits per heavy atom. The highest BCUT2D eigenvalue weighted by Crippen LogP contribution is 2.33. The smallest absolute Gasteiger partial charge is 0.147 e. The summed E-state index contributed by atoms with van der Waals surface area (Å²) in [6.07, 6.45) is 12.1. The lowest BCUT2D eigenvalue weighted by Gasteiger charge is -2.17. The predicted molar refractivity (Wildman–Crippen MR) is 74.6 cm³/mol. The van der Waals surface area contributed by atoms with Crippen LogP contribution in [0, 0.1) is 5.92 Å². The summed E-state index contributed by atoms with van der Waals surface area (Å²) < 4.78 is 7.39. The minimum absolute atomic E-state index is 0.0376. The van der Waals surface area contributed by atoms with E-state index in [4.69, 9.17) is 4.74 Å². The maximum absolute atomic E-state index is 5.54. The molecule has 0 saturated heterocycles. The van der Waals surface area contributed by atoms with Gasteiger partial charge in [-0.25, -0.2) is 4.68 Å². The first kappa shape index (κ1) is 12.2. The quantitative estimate of drug-likeness (QED) is 0.898. The Hall–Kier alpha value is -1.88. The number of nitrogens with zero attached hydrogens (tertiary/aromatic N) is 3. The van der Waals surface area contributed by atoms with Crippen molar-refractivity contribution in [2.75, 3.05) is 6.61 Å². The lowest BCUT2D eigenvalue weighted by molar-refractivity contribution is 0.0159. The van der Waals surface area contributed by atoms with Crippen molar-refractivity contribution in [3.8, 4) is 0 Å². The Labute approximate surface area is 112 Å². The number of aliphatic imine (C=N–C) groups is 1. The van der Waals surface area contributed by atoms with Gasteiger partial charge in [0, 0.05) is 36.7 Å². The van der Waals surface area contributed by atoms with Crippen molar-refractivity contribution in [3.05, 3.63) is 36.3 Å². The summed E-state index contributed by atoms with van der Waals surface area (Å²) in [6.45, 7) is 4.66. The van der Waals surface area contributed by atoms with Gasteiger partial charge < -0.3 is 10.1 Å². The number of hydrogen-bond donors (Lipinski definition) is 1. The second-order valence-corrected chi connectivity index (χ2v) is 4.68. The Bertz CT molecular complexity index is 543. The fourth-order valence-corrected chi connectivity index (χ4v) is 2.48. The molecule has 100 valence electrons. The lowest BCUT2D eigenvalue weighted by atomic mass is 9.94. The van der Waals surface area contributed by atoms with Crippen LogP contribution in [-0.4, -0.2) is 28.8 Å². The summed E-state index contributed by atoms with van der Waals surface area (Å²) in [5.74, 6) is 0.296. The molecule has 0 bridgehead atoms. The van der Waals surface area contributed by atoms with Gasteiger partial charge in [0.05, 0.1) is 6.20 Å². The van der Waals surface area contributed by atoms with Crippen LogP contribution in [0.25, 0.3) is 5.57 Å². The summed E-state index contributed by atoms with van der Waals surface area (Å²) in [6, 6.07) is 0. The molecule has 0 saturated carbocycles. The molecule has 5 nitrogen and oxygen atoms in total. The van der Waals surface area contributed by atoms with Crippen LogP contribution in [0.5, 0.6) is 0 Å². The number of rotatable bonds is 4. The number of nitrogens with one attached hydrogen (secondary N) is 1. The van der Waals surface area contributed by atoms with Crippen LogP contribution in [0.1, 0.15) is 25.6 Å². The van der Waals surface area contributed by atoms with Gasteiger partial charge in [-0.3, -0.25) is 4.99 Å². The molecule has 2 aliphatic heterocycles. The van der Waals surface area contributed by atoms with Gasteiger partial charge in [-0.05, 0) is 25.5 Å². The molecule has 0 spiro atoms. The van der Waals surface area contributed by atoms with E-state index in [0.29, 0.717) is 12.5 Å². The highest BCUT2D eigenvalue weighted by Gasteiger charge is 2.29. The van der Waals surface area contributed by atoms with E-state index in [9.17, 15) is 0 Å². The molecule has 5 heteroatoms. The van der Waals surface area contributed by atoms with Crippen molar-refractivity contribution < 1.29 is 4.74 Å². The first-order valence-electron chi connectivity index (χ1n) is 6.62. The fourth-order valence-electron chi connectivity index (χ4n) is 2.48. The van der Waals surface area contributed by atoms with Crippen molar-refractivity contribution in [1.82, 2.24) is 15.1 Å². The maximum atomic E-state index is 5.54. The molecule has 19 heavy (non-hydrogen) atoms. The average molecular weight is 258 g/mol. The maximum Gasteiger partial charge on any atom is 0.147 e. The molecule has 2 aliphatic rings. The van der Waals surface area contributed by atoms with Crippen molar-refractivity contribution in [3.63, 3.8) is 0 Å². The standard InChI is InChI=1S/C14H18N4O/c1-3-19-10(2)18-9-11(7-17-18)13-8-16-14-12(13)5-4-6-15-14/h4-10,12,14,16H,3H2,1-2H3. The van der Waals surface area contributed by atoms with Crippen LogP contribution < -0.4 is 5.32 Å². The minimum Gasteiger partial charge on any atom is -0.369 e. The molecule has 0 aliphatic carbocycles. The van der Waals surface area contributed by atoms with E-state index in [0.717, 1.165) is 5.56 Å². The van der Waals surface area contributed by atoms with Gasteiger partial charge in [-0.1, -0.05) is 6.08 Å². The molecule has 0 aromatic carbocycles. The highest BCUT2D eigenvalue weighted by molar-refractivity contribution is 5.78. The molecule has 0 radical (unpaired) electrons. The number of allylic oxidation sites excluding steroid dienone is 1. The zero-order chi connectivity index (χ0) is 13.2. The molecule has 1 aromatic heterocycles. The van der Waals surface area contributed by atoms with Crippen molar-refractivity contribution >= 4 is 11.8 Å². The molecule has 0 amide bonds. The van der Waals surface area contributed by atoms with E-state index in [-0.39, 0.29) is 12.4 Å². The zero-order valence-corrected chi connectivity index (χ0v) is 11.2. The Balaban J connectivity index is 1.80. The highest BCUT2D eigenvalue weighted by atomic mass is 16.5. The molecule has 3 heterocycles. The normalized spacial score (nSPS) is 25.9. The van der Waals surface area contributed by atoms with Crippen LogP contribution in [0.15, 0.2) is 35.7 Å². The van der Waals surface area contributed by atoms with Gasteiger partial charge in [0.25, 0.3) is 0 Å². The largest absolute Gasteiger partial charge is 0.369 e. The summed E-state index contributed by atoms with van der Waals surface area (Å²) in [5, 5.41) is 7.67. The molecule has 0 fully saturated rings. The predicted octanol–water partition coefficient (Wildman–Crippen LogP) is 1.97. The minimum atomic E-state index is -0.0376. The summed E-state index contributed by atoms with van der Waals surface area (Å²) in [5.41, 5.74) is 2.35. The zero-order valence-electron chi connectivity index (χ0n) is 11.2. The number of fused-ring (bicyclic) bond motifs is 1. The Morgan fingerprint density at radius 3 is 3.26 bits per heavy atom. The van der Waals surface area contributed by atoms with Crippen LogP contribution >= 0.6 is 0 Å². The monoisotopic (exact) mass is 258 g/mol. The van der Waals surface area contributed by atoms with Crippen molar-refractivity contribution in [2.45, 2.75) is 26.2 Å². The third kappa shape index (κ3) is 2.21. The molecule has 3 rings (SSSR count).